The van der Waals surface area contributed by atoms with E-state index >= 15 is 0 Å². The third-order valence-corrected chi connectivity index (χ3v) is 3.41. The van der Waals surface area contributed by atoms with Gasteiger partial charge < -0.3 is 15.2 Å². The number of nitrogens with one attached hydrogen (secondary N) is 1. The van der Waals surface area contributed by atoms with Crippen LogP contribution in [0.2, 0.25) is 0 Å². The van der Waals surface area contributed by atoms with E-state index in [1.165, 1.54) is 0 Å². The molecule has 2 N–H and O–H groups in total. The molecule has 1 aromatic carbocycles. The fourth-order valence-corrected chi connectivity index (χ4v) is 1.56. The summed E-state index contributed by atoms with van der Waals surface area (Å²) in [5.41, 5.74) is 0.624. The van der Waals surface area contributed by atoms with E-state index < -0.39 is 5.41 Å². The van der Waals surface area contributed by atoms with Crippen LogP contribution in [0.25, 0.3) is 0 Å². The summed E-state index contributed by atoms with van der Waals surface area (Å²) in [5, 5.41) is 12.1. The van der Waals surface area contributed by atoms with Gasteiger partial charge in [0.25, 0.3) is 0 Å². The maximum Gasteiger partial charge on any atom is 0.231 e. The topological polar surface area (TPSA) is 58.6 Å². The van der Waals surface area contributed by atoms with Crippen molar-refractivity contribution in [2.24, 2.45) is 5.41 Å². The van der Waals surface area contributed by atoms with Crippen LogP contribution in [0.4, 0.5) is 5.69 Å². The van der Waals surface area contributed by atoms with Crippen molar-refractivity contribution in [3.8, 4) is 5.75 Å². The second kappa shape index (κ2) is 6.78. The number of carbonyl (C=O) groups is 1. The molecule has 19 heavy (non-hydrogen) atoms. The van der Waals surface area contributed by atoms with Crippen LogP contribution in [-0.4, -0.2) is 23.5 Å². The first-order valence-corrected chi connectivity index (χ1v) is 6.72. The SMILES string of the molecule is CCOc1ccc(NC(=O)C(C)(C)CCl)cc1CO. The molecular formula is C14H20ClNO3. The number of rotatable bonds is 6. The minimum absolute atomic E-state index is 0.141. The van der Waals surface area contributed by atoms with E-state index in [9.17, 15) is 9.90 Å². The molecule has 0 aliphatic carbocycles. The Kier molecular flexibility index (Phi) is 5.63. The fraction of sp³-hybridized carbons (Fsp3) is 0.500. The molecule has 0 unspecified atom stereocenters. The molecule has 106 valence electrons. The van der Waals surface area contributed by atoms with E-state index in [0.29, 0.717) is 23.6 Å². The lowest BCUT2D eigenvalue weighted by Crippen LogP contribution is -2.32. The smallest absolute Gasteiger partial charge is 0.231 e. The maximum atomic E-state index is 12.0. The molecule has 0 radical (unpaired) electrons. The molecule has 0 atom stereocenters. The summed E-state index contributed by atoms with van der Waals surface area (Å²) in [6, 6.07) is 5.18. The molecule has 0 fully saturated rings. The summed E-state index contributed by atoms with van der Waals surface area (Å²) < 4.78 is 5.38. The van der Waals surface area contributed by atoms with Gasteiger partial charge in [0.1, 0.15) is 5.75 Å². The van der Waals surface area contributed by atoms with Crippen molar-refractivity contribution in [2.75, 3.05) is 17.8 Å². The van der Waals surface area contributed by atoms with Gasteiger partial charge in [0.05, 0.1) is 18.6 Å². The normalized spacial score (nSPS) is 11.2. The quantitative estimate of drug-likeness (QED) is 0.790. The molecule has 4 nitrogen and oxygen atoms in total. The predicted molar refractivity (Wildman–Crippen MR) is 76.7 cm³/mol. The van der Waals surface area contributed by atoms with Crippen molar-refractivity contribution < 1.29 is 14.6 Å². The minimum atomic E-state index is -0.639. The van der Waals surface area contributed by atoms with Crippen molar-refractivity contribution in [3.63, 3.8) is 0 Å². The number of benzene rings is 1. The second-order valence-corrected chi connectivity index (χ2v) is 5.15. The van der Waals surface area contributed by atoms with Gasteiger partial charge in [-0.25, -0.2) is 0 Å². The largest absolute Gasteiger partial charge is 0.494 e. The minimum Gasteiger partial charge on any atom is -0.494 e. The number of aliphatic hydroxyl groups excluding tert-OH is 1. The molecule has 0 aromatic heterocycles. The Morgan fingerprint density at radius 3 is 2.68 bits per heavy atom. The predicted octanol–water partition coefficient (Wildman–Crippen LogP) is 2.78. The molecule has 0 spiro atoms. The zero-order chi connectivity index (χ0) is 14.5. The molecule has 1 amide bonds. The number of hydrogen-bond donors (Lipinski definition) is 2. The number of alkyl halides is 1. The van der Waals surface area contributed by atoms with Crippen LogP contribution < -0.4 is 10.1 Å². The third kappa shape index (κ3) is 4.11. The van der Waals surface area contributed by atoms with Gasteiger partial charge in [-0.2, -0.15) is 0 Å². The van der Waals surface area contributed by atoms with Crippen LogP contribution >= 0.6 is 11.6 Å². The molecule has 0 aliphatic rings. The molecule has 0 aliphatic heterocycles. The van der Waals surface area contributed by atoms with Crippen molar-refractivity contribution >= 4 is 23.2 Å². The van der Waals surface area contributed by atoms with Gasteiger partial charge in [0.2, 0.25) is 5.91 Å². The van der Waals surface area contributed by atoms with Crippen LogP contribution in [0, 0.1) is 5.41 Å². The van der Waals surface area contributed by atoms with Crippen LogP contribution in [0.5, 0.6) is 5.75 Å². The fourth-order valence-electron chi connectivity index (χ4n) is 1.44. The molecule has 0 saturated carbocycles. The Labute approximate surface area is 118 Å². The van der Waals surface area contributed by atoms with Crippen molar-refractivity contribution in [3.05, 3.63) is 23.8 Å². The van der Waals surface area contributed by atoms with Gasteiger partial charge in [-0.1, -0.05) is 0 Å². The van der Waals surface area contributed by atoms with E-state index in [4.69, 9.17) is 16.3 Å². The molecule has 0 saturated heterocycles. The number of anilines is 1. The second-order valence-electron chi connectivity index (χ2n) is 4.89. The Morgan fingerprint density at radius 1 is 1.47 bits per heavy atom. The number of amides is 1. The highest BCUT2D eigenvalue weighted by atomic mass is 35.5. The average Bonchev–Trinajstić information content (AvgIpc) is 2.40. The van der Waals surface area contributed by atoms with Crippen LogP contribution in [0.1, 0.15) is 26.3 Å². The standard InChI is InChI=1S/C14H20ClNO3/c1-4-19-12-6-5-11(7-10(12)8-17)16-13(18)14(2,3)9-15/h5-7,17H,4,8-9H2,1-3H3,(H,16,18). The van der Waals surface area contributed by atoms with Gasteiger partial charge >= 0.3 is 0 Å². The van der Waals surface area contributed by atoms with E-state index in [-0.39, 0.29) is 18.4 Å². The van der Waals surface area contributed by atoms with Crippen LogP contribution in [0.3, 0.4) is 0 Å². The van der Waals surface area contributed by atoms with Crippen molar-refractivity contribution in [1.29, 1.82) is 0 Å². The highest BCUT2D eigenvalue weighted by Crippen LogP contribution is 2.25. The Balaban J connectivity index is 2.89. The van der Waals surface area contributed by atoms with Gasteiger partial charge in [0.15, 0.2) is 0 Å². The lowest BCUT2D eigenvalue weighted by molar-refractivity contribution is -0.122. The van der Waals surface area contributed by atoms with Crippen molar-refractivity contribution in [1.82, 2.24) is 0 Å². The van der Waals surface area contributed by atoms with Gasteiger partial charge in [-0.3, -0.25) is 4.79 Å². The lowest BCUT2D eigenvalue weighted by Gasteiger charge is -2.20. The van der Waals surface area contributed by atoms with Gasteiger partial charge in [0, 0.05) is 17.1 Å². The first-order valence-electron chi connectivity index (χ1n) is 6.18. The van der Waals surface area contributed by atoms with Gasteiger partial charge in [-0.05, 0) is 39.0 Å². The highest BCUT2D eigenvalue weighted by Gasteiger charge is 2.26. The van der Waals surface area contributed by atoms with E-state index in [2.05, 4.69) is 5.32 Å². The summed E-state index contributed by atoms with van der Waals surface area (Å²) in [7, 11) is 0. The average molecular weight is 286 g/mol. The van der Waals surface area contributed by atoms with E-state index in [0.717, 1.165) is 0 Å². The molecule has 0 heterocycles. The summed E-state index contributed by atoms with van der Waals surface area (Å²) in [6.45, 7) is 5.81. The van der Waals surface area contributed by atoms with Crippen LogP contribution in [-0.2, 0) is 11.4 Å². The van der Waals surface area contributed by atoms with E-state index in [1.807, 2.05) is 6.92 Å². The number of hydrogen-bond acceptors (Lipinski definition) is 3. The zero-order valence-corrected chi connectivity index (χ0v) is 12.3. The highest BCUT2D eigenvalue weighted by molar-refractivity contribution is 6.20. The number of halogens is 1. The van der Waals surface area contributed by atoms with Crippen molar-refractivity contribution in [2.45, 2.75) is 27.4 Å². The summed E-state index contributed by atoms with van der Waals surface area (Å²) in [6.07, 6.45) is 0. The molecule has 5 heteroatoms. The number of aliphatic hydroxyl groups is 1. The Morgan fingerprint density at radius 2 is 2.16 bits per heavy atom. The number of ether oxygens (including phenoxy) is 1. The molecule has 0 bridgehead atoms. The molecule has 1 rings (SSSR count). The van der Waals surface area contributed by atoms with Gasteiger partial charge in [-0.15, -0.1) is 11.6 Å². The third-order valence-electron chi connectivity index (χ3n) is 2.74. The first kappa shape index (κ1) is 15.8. The van der Waals surface area contributed by atoms with Crippen LogP contribution in [0.15, 0.2) is 18.2 Å². The first-order chi connectivity index (χ1) is 8.94. The Hall–Kier alpha value is -1.26. The zero-order valence-electron chi connectivity index (χ0n) is 11.5. The number of carbonyl (C=O) groups excluding carboxylic acids is 1. The molecule has 1 aromatic rings. The Bertz CT molecular complexity index is 446. The molecular weight excluding hydrogens is 266 g/mol. The summed E-state index contributed by atoms with van der Waals surface area (Å²) in [4.78, 5) is 12.0. The monoisotopic (exact) mass is 285 g/mol. The summed E-state index contributed by atoms with van der Waals surface area (Å²) >= 11 is 5.76. The van der Waals surface area contributed by atoms with E-state index in [1.54, 1.807) is 32.0 Å². The summed E-state index contributed by atoms with van der Waals surface area (Å²) in [5.74, 6) is 0.707. The maximum absolute atomic E-state index is 12.0. The lowest BCUT2D eigenvalue weighted by atomic mass is 9.95.